The number of benzene rings is 2. The van der Waals surface area contributed by atoms with Crippen LogP contribution in [0.1, 0.15) is 44.6 Å². The molecule has 0 saturated carbocycles. The monoisotopic (exact) mass is 533 g/mol. The molecule has 0 aliphatic rings. The molecular weight excluding hydrogens is 500 g/mol. The first-order valence-corrected chi connectivity index (χ1v) is 12.5. The summed E-state index contributed by atoms with van der Waals surface area (Å²) in [5, 5.41) is 5.01. The van der Waals surface area contributed by atoms with Crippen molar-refractivity contribution in [2.24, 2.45) is 11.1 Å². The smallest absolute Gasteiger partial charge is 0.249 e. The largest absolute Gasteiger partial charge is 0.375 e. The molecule has 1 heterocycles. The number of alkyl halides is 1. The lowest BCUT2D eigenvalue weighted by molar-refractivity contribution is -0.140. The van der Waals surface area contributed by atoms with Crippen molar-refractivity contribution in [3.05, 3.63) is 70.8 Å². The Kier molecular flexibility index (Phi) is 9.75. The van der Waals surface area contributed by atoms with Gasteiger partial charge in [-0.05, 0) is 35.6 Å². The van der Waals surface area contributed by atoms with E-state index < -0.39 is 30.0 Å². The van der Waals surface area contributed by atoms with Crippen molar-refractivity contribution in [2.45, 2.75) is 45.8 Å². The molecule has 200 valence electrons. The van der Waals surface area contributed by atoms with Crippen LogP contribution in [0.25, 0.3) is 11.4 Å². The molecule has 2 atom stereocenters. The maximum atomic E-state index is 14.8. The number of ether oxygens (including phenoxy) is 1. The van der Waals surface area contributed by atoms with Crippen molar-refractivity contribution in [3.8, 4) is 11.4 Å². The molecule has 1 unspecified atom stereocenters. The van der Waals surface area contributed by atoms with E-state index in [1.165, 1.54) is 25.3 Å². The van der Waals surface area contributed by atoms with Gasteiger partial charge in [0.05, 0.1) is 18.2 Å². The van der Waals surface area contributed by atoms with Crippen LogP contribution >= 0.6 is 11.6 Å². The fourth-order valence-corrected chi connectivity index (χ4v) is 4.36. The second-order valence-electron chi connectivity index (χ2n) is 10.1. The first-order valence-electron chi connectivity index (χ1n) is 12.1. The quantitative estimate of drug-likeness (QED) is 0.373. The van der Waals surface area contributed by atoms with E-state index in [0.29, 0.717) is 17.4 Å². The number of methoxy groups -OCH3 is 1. The summed E-state index contributed by atoms with van der Waals surface area (Å²) in [6.07, 6.45) is 0.251. The fraction of sp³-hybridized carbons (Fsp3) is 0.444. The first kappa shape index (κ1) is 28.7. The molecule has 3 aromatic rings. The minimum absolute atomic E-state index is 0.153. The summed E-state index contributed by atoms with van der Waals surface area (Å²) in [6.45, 7) is 5.58. The van der Waals surface area contributed by atoms with Crippen LogP contribution in [0.15, 0.2) is 48.5 Å². The molecule has 0 spiro atoms. The van der Waals surface area contributed by atoms with E-state index in [1.807, 2.05) is 51.1 Å². The molecule has 7 nitrogen and oxygen atoms in total. The summed E-state index contributed by atoms with van der Waals surface area (Å²) in [7, 11) is 1.44. The SMILES string of the molecule is COCC(=O)N(CCC(N)CF)[C@@H](c1nc(-c2cc(Cl)ccc2F)nn1Cc1ccccc1)C(C)(C)C. The number of nitrogens with zero attached hydrogens (tertiary/aromatic N) is 4. The highest BCUT2D eigenvalue weighted by atomic mass is 35.5. The molecule has 0 saturated heterocycles. The zero-order chi connectivity index (χ0) is 27.2. The van der Waals surface area contributed by atoms with E-state index in [-0.39, 0.29) is 36.9 Å². The number of amides is 1. The van der Waals surface area contributed by atoms with Crippen molar-refractivity contribution < 1.29 is 18.3 Å². The van der Waals surface area contributed by atoms with E-state index in [4.69, 9.17) is 27.1 Å². The molecule has 1 amide bonds. The molecule has 2 aromatic carbocycles. The zero-order valence-electron chi connectivity index (χ0n) is 21.6. The van der Waals surface area contributed by atoms with Gasteiger partial charge in [-0.3, -0.25) is 4.79 Å². The molecule has 1 aromatic heterocycles. The number of carbonyl (C=O) groups is 1. The molecule has 2 N–H and O–H groups in total. The maximum Gasteiger partial charge on any atom is 0.249 e. The summed E-state index contributed by atoms with van der Waals surface area (Å²) < 4.78 is 34.8. The van der Waals surface area contributed by atoms with Gasteiger partial charge >= 0.3 is 0 Å². The van der Waals surface area contributed by atoms with E-state index >= 15 is 0 Å². The first-order chi connectivity index (χ1) is 17.5. The van der Waals surface area contributed by atoms with Crippen molar-refractivity contribution in [1.29, 1.82) is 0 Å². The molecule has 0 aliphatic heterocycles. The van der Waals surface area contributed by atoms with Crippen LogP contribution in [0.4, 0.5) is 8.78 Å². The summed E-state index contributed by atoms with van der Waals surface area (Å²) in [6, 6.07) is 12.5. The average molecular weight is 534 g/mol. The Bertz CT molecular complexity index is 1180. The molecular formula is C27H34ClF2N5O2. The fourth-order valence-electron chi connectivity index (χ4n) is 4.19. The van der Waals surface area contributed by atoms with E-state index in [0.717, 1.165) is 5.56 Å². The third-order valence-corrected chi connectivity index (χ3v) is 6.18. The minimum Gasteiger partial charge on any atom is -0.375 e. The van der Waals surface area contributed by atoms with Gasteiger partial charge in [-0.2, -0.15) is 5.10 Å². The Morgan fingerprint density at radius 2 is 1.92 bits per heavy atom. The molecule has 0 radical (unpaired) electrons. The second-order valence-corrected chi connectivity index (χ2v) is 10.5. The zero-order valence-corrected chi connectivity index (χ0v) is 22.4. The molecule has 0 bridgehead atoms. The van der Waals surface area contributed by atoms with Gasteiger partial charge < -0.3 is 15.4 Å². The molecule has 10 heteroatoms. The van der Waals surface area contributed by atoms with Crippen LogP contribution < -0.4 is 5.73 Å². The molecule has 0 aliphatic carbocycles. The van der Waals surface area contributed by atoms with Gasteiger partial charge in [-0.15, -0.1) is 0 Å². The highest BCUT2D eigenvalue weighted by Crippen LogP contribution is 2.39. The number of nitrogens with two attached hydrogens (primary N) is 1. The topological polar surface area (TPSA) is 86.3 Å². The highest BCUT2D eigenvalue weighted by Gasteiger charge is 2.39. The number of rotatable bonds is 11. The summed E-state index contributed by atoms with van der Waals surface area (Å²) in [5.41, 5.74) is 6.43. The maximum absolute atomic E-state index is 14.8. The number of hydrogen-bond donors (Lipinski definition) is 1. The van der Waals surface area contributed by atoms with E-state index in [9.17, 15) is 13.6 Å². The number of aromatic nitrogens is 3. The van der Waals surface area contributed by atoms with Gasteiger partial charge in [0, 0.05) is 24.7 Å². The van der Waals surface area contributed by atoms with Gasteiger partial charge in [0.1, 0.15) is 19.1 Å². The van der Waals surface area contributed by atoms with Crippen molar-refractivity contribution in [1.82, 2.24) is 19.7 Å². The van der Waals surface area contributed by atoms with E-state index in [2.05, 4.69) is 5.10 Å². The van der Waals surface area contributed by atoms with E-state index in [1.54, 1.807) is 9.58 Å². The van der Waals surface area contributed by atoms with Crippen LogP contribution in [0.5, 0.6) is 0 Å². The van der Waals surface area contributed by atoms with Gasteiger partial charge in [-0.1, -0.05) is 62.7 Å². The van der Waals surface area contributed by atoms with Crippen LogP contribution in [-0.2, 0) is 16.1 Å². The summed E-state index contributed by atoms with van der Waals surface area (Å²) in [5.74, 6) is -0.191. The third-order valence-electron chi connectivity index (χ3n) is 5.95. The van der Waals surface area contributed by atoms with Crippen LogP contribution in [0.3, 0.4) is 0 Å². The van der Waals surface area contributed by atoms with Crippen molar-refractivity contribution in [3.63, 3.8) is 0 Å². The predicted molar refractivity (Wildman–Crippen MR) is 140 cm³/mol. The van der Waals surface area contributed by atoms with Crippen molar-refractivity contribution in [2.75, 3.05) is 26.9 Å². The Hall–Kier alpha value is -2.88. The van der Waals surface area contributed by atoms with Crippen LogP contribution in [0.2, 0.25) is 5.02 Å². The third kappa shape index (κ3) is 7.34. The molecule has 3 rings (SSSR count). The minimum atomic E-state index is -0.711. The van der Waals surface area contributed by atoms with Crippen LogP contribution in [-0.4, -0.2) is 58.5 Å². The lowest BCUT2D eigenvalue weighted by Gasteiger charge is -2.40. The van der Waals surface area contributed by atoms with Crippen molar-refractivity contribution >= 4 is 17.5 Å². The Morgan fingerprint density at radius 1 is 1.22 bits per heavy atom. The summed E-state index contributed by atoms with van der Waals surface area (Å²) >= 11 is 6.15. The predicted octanol–water partition coefficient (Wildman–Crippen LogP) is 5.04. The van der Waals surface area contributed by atoms with Gasteiger partial charge in [0.25, 0.3) is 0 Å². The molecule has 37 heavy (non-hydrogen) atoms. The number of hydrogen-bond acceptors (Lipinski definition) is 5. The Morgan fingerprint density at radius 3 is 2.54 bits per heavy atom. The van der Waals surface area contributed by atoms with Gasteiger partial charge in [-0.25, -0.2) is 18.4 Å². The van der Waals surface area contributed by atoms with Crippen LogP contribution in [0, 0.1) is 11.2 Å². The Labute approximate surface area is 221 Å². The normalized spacial score (nSPS) is 13.4. The second kappa shape index (κ2) is 12.6. The van der Waals surface area contributed by atoms with Gasteiger partial charge in [0.2, 0.25) is 5.91 Å². The number of halogens is 3. The average Bonchev–Trinajstić information content (AvgIpc) is 3.25. The summed E-state index contributed by atoms with van der Waals surface area (Å²) in [4.78, 5) is 19.7. The Balaban J connectivity index is 2.19. The lowest BCUT2D eigenvalue weighted by atomic mass is 9.84. The standard InChI is InChI=1S/C27H34ClF2N5O2/c1-27(2,3)24(34(23(36)17-37-4)13-12-20(31)15-29)26-32-25(21-14-19(28)10-11-22(21)30)33-35(26)16-18-8-6-5-7-9-18/h5-11,14,20,24H,12-13,15-17,31H2,1-4H3/t20?,24-/m0/s1. The highest BCUT2D eigenvalue weighted by molar-refractivity contribution is 6.30. The van der Waals surface area contributed by atoms with Gasteiger partial charge in [0.15, 0.2) is 11.6 Å². The lowest BCUT2D eigenvalue weighted by Crippen LogP contribution is -2.46. The number of carbonyl (C=O) groups excluding carboxylic acids is 1. The molecule has 0 fully saturated rings.